The summed E-state index contributed by atoms with van der Waals surface area (Å²) in [7, 11) is 1.63. The molecular formula is C14H14ClNO3S. The van der Waals surface area contributed by atoms with Crippen molar-refractivity contribution in [2.75, 3.05) is 6.54 Å². The van der Waals surface area contributed by atoms with Gasteiger partial charge in [-0.3, -0.25) is 4.79 Å². The average Bonchev–Trinajstić information content (AvgIpc) is 2.37. The third-order valence-corrected chi connectivity index (χ3v) is 4.35. The summed E-state index contributed by atoms with van der Waals surface area (Å²) in [5.74, 6) is -0.0886. The molecule has 0 spiro atoms. The molecule has 2 rings (SSSR count). The molecule has 2 aromatic rings. The van der Waals surface area contributed by atoms with E-state index in [9.17, 15) is 13.2 Å². The van der Waals surface area contributed by atoms with Crippen LogP contribution < -0.4 is 5.32 Å². The van der Waals surface area contributed by atoms with Gasteiger partial charge in [0.2, 0.25) is 5.91 Å². The molecule has 20 heavy (non-hydrogen) atoms. The van der Waals surface area contributed by atoms with E-state index in [-0.39, 0.29) is 10.8 Å². The van der Waals surface area contributed by atoms with Crippen molar-refractivity contribution in [3.05, 3.63) is 42.0 Å². The first-order chi connectivity index (χ1) is 9.38. The molecule has 6 heteroatoms. The summed E-state index contributed by atoms with van der Waals surface area (Å²) < 4.78 is 22.8. The van der Waals surface area contributed by atoms with Gasteiger partial charge in [-0.05, 0) is 34.9 Å². The maximum Gasteiger partial charge on any atom is 0.261 e. The highest BCUT2D eigenvalue weighted by atomic mass is 35.7. The number of hydrogen-bond acceptors (Lipinski definition) is 3. The van der Waals surface area contributed by atoms with Crippen molar-refractivity contribution in [2.24, 2.45) is 0 Å². The minimum atomic E-state index is -3.74. The number of benzene rings is 2. The van der Waals surface area contributed by atoms with E-state index in [2.05, 4.69) is 5.32 Å². The quantitative estimate of drug-likeness (QED) is 0.882. The zero-order valence-corrected chi connectivity index (χ0v) is 12.5. The van der Waals surface area contributed by atoms with Crippen LogP contribution in [0.4, 0.5) is 0 Å². The molecule has 2 aromatic carbocycles. The number of nitrogens with one attached hydrogen (secondary N) is 1. The Bertz CT molecular complexity index is 756. The third-order valence-electron chi connectivity index (χ3n) is 2.99. The highest BCUT2D eigenvalue weighted by Crippen LogP contribution is 2.24. The molecule has 0 heterocycles. The minimum Gasteiger partial charge on any atom is -0.356 e. The smallest absolute Gasteiger partial charge is 0.261 e. The van der Waals surface area contributed by atoms with Crippen LogP contribution in [-0.4, -0.2) is 20.9 Å². The predicted molar refractivity (Wildman–Crippen MR) is 79.4 cm³/mol. The van der Waals surface area contributed by atoms with Gasteiger partial charge in [0.25, 0.3) is 9.05 Å². The standard InChI is InChI=1S/C14H14ClNO3S/c1-10(17)16-8-7-12-4-2-3-11-5-6-13(9-14(11)12)20(15,18)19/h2-6,9H,7-8H2,1H3,(H,16,17). The van der Waals surface area contributed by atoms with Crippen molar-refractivity contribution in [1.29, 1.82) is 0 Å². The molecule has 0 saturated carbocycles. The summed E-state index contributed by atoms with van der Waals surface area (Å²) in [5.41, 5.74) is 0.971. The molecule has 0 fully saturated rings. The minimum absolute atomic E-state index is 0.0821. The molecule has 0 aliphatic rings. The van der Waals surface area contributed by atoms with Gasteiger partial charge in [0.05, 0.1) is 4.90 Å². The van der Waals surface area contributed by atoms with E-state index in [4.69, 9.17) is 10.7 Å². The van der Waals surface area contributed by atoms with Crippen LogP contribution in [0.15, 0.2) is 41.3 Å². The van der Waals surface area contributed by atoms with Gasteiger partial charge in [0.15, 0.2) is 0 Å². The molecule has 0 bridgehead atoms. The van der Waals surface area contributed by atoms with Crippen LogP contribution in [-0.2, 0) is 20.3 Å². The first-order valence-corrected chi connectivity index (χ1v) is 8.39. The van der Waals surface area contributed by atoms with E-state index in [1.807, 2.05) is 18.2 Å². The van der Waals surface area contributed by atoms with Gasteiger partial charge in [-0.1, -0.05) is 24.3 Å². The molecule has 4 nitrogen and oxygen atoms in total. The van der Waals surface area contributed by atoms with Crippen molar-refractivity contribution in [2.45, 2.75) is 18.2 Å². The lowest BCUT2D eigenvalue weighted by molar-refractivity contribution is -0.118. The molecule has 106 valence electrons. The Morgan fingerprint density at radius 2 is 2.00 bits per heavy atom. The number of carbonyl (C=O) groups excluding carboxylic acids is 1. The van der Waals surface area contributed by atoms with Crippen LogP contribution >= 0.6 is 10.7 Å². The highest BCUT2D eigenvalue weighted by molar-refractivity contribution is 8.13. The zero-order chi connectivity index (χ0) is 14.8. The van der Waals surface area contributed by atoms with Crippen molar-refractivity contribution in [1.82, 2.24) is 5.32 Å². The van der Waals surface area contributed by atoms with Gasteiger partial charge in [0, 0.05) is 24.2 Å². The fraction of sp³-hybridized carbons (Fsp3) is 0.214. The van der Waals surface area contributed by atoms with Crippen molar-refractivity contribution in [3.8, 4) is 0 Å². The Labute approximate surface area is 122 Å². The second-order valence-electron chi connectivity index (χ2n) is 4.47. The SMILES string of the molecule is CC(=O)NCCc1cccc2ccc(S(=O)(=O)Cl)cc12. The number of halogens is 1. The van der Waals surface area contributed by atoms with Gasteiger partial charge < -0.3 is 5.32 Å². The Morgan fingerprint density at radius 1 is 1.25 bits per heavy atom. The van der Waals surface area contributed by atoms with Gasteiger partial charge in [-0.2, -0.15) is 0 Å². The topological polar surface area (TPSA) is 63.2 Å². The van der Waals surface area contributed by atoms with E-state index >= 15 is 0 Å². The molecule has 0 radical (unpaired) electrons. The molecular weight excluding hydrogens is 298 g/mol. The van der Waals surface area contributed by atoms with E-state index in [1.165, 1.54) is 13.0 Å². The van der Waals surface area contributed by atoms with Crippen LogP contribution in [0.2, 0.25) is 0 Å². The number of hydrogen-bond donors (Lipinski definition) is 1. The second kappa shape index (κ2) is 5.81. The summed E-state index contributed by atoms with van der Waals surface area (Å²) in [6.07, 6.45) is 0.628. The van der Waals surface area contributed by atoms with Crippen molar-refractivity contribution in [3.63, 3.8) is 0 Å². The van der Waals surface area contributed by atoms with Crippen LogP contribution in [0.1, 0.15) is 12.5 Å². The van der Waals surface area contributed by atoms with Gasteiger partial charge in [0.1, 0.15) is 0 Å². The average molecular weight is 312 g/mol. The maximum absolute atomic E-state index is 11.4. The summed E-state index contributed by atoms with van der Waals surface area (Å²) in [6, 6.07) is 10.5. The molecule has 0 saturated heterocycles. The predicted octanol–water partition coefficient (Wildman–Crippen LogP) is 2.45. The lowest BCUT2D eigenvalue weighted by Gasteiger charge is -2.08. The summed E-state index contributed by atoms with van der Waals surface area (Å²) in [5, 5.41) is 4.49. The Kier molecular flexibility index (Phi) is 4.30. The maximum atomic E-state index is 11.4. The largest absolute Gasteiger partial charge is 0.356 e. The number of fused-ring (bicyclic) bond motifs is 1. The molecule has 0 unspecified atom stereocenters. The van der Waals surface area contributed by atoms with Crippen LogP contribution in [0.25, 0.3) is 10.8 Å². The fourth-order valence-electron chi connectivity index (χ4n) is 2.06. The Balaban J connectivity index is 2.41. The van der Waals surface area contributed by atoms with Crippen LogP contribution in [0.5, 0.6) is 0 Å². The molecule has 1 amide bonds. The Morgan fingerprint density at radius 3 is 2.65 bits per heavy atom. The lowest BCUT2D eigenvalue weighted by Crippen LogP contribution is -2.22. The summed E-state index contributed by atoms with van der Waals surface area (Å²) in [6.45, 7) is 1.97. The Hall–Kier alpha value is -1.59. The number of carbonyl (C=O) groups is 1. The molecule has 1 N–H and O–H groups in total. The van der Waals surface area contributed by atoms with Crippen LogP contribution in [0.3, 0.4) is 0 Å². The third kappa shape index (κ3) is 3.49. The fourth-order valence-corrected chi connectivity index (χ4v) is 2.84. The van der Waals surface area contributed by atoms with Gasteiger partial charge >= 0.3 is 0 Å². The lowest BCUT2D eigenvalue weighted by atomic mass is 10.0. The van der Waals surface area contributed by atoms with Gasteiger partial charge in [-0.15, -0.1) is 0 Å². The van der Waals surface area contributed by atoms with E-state index < -0.39 is 9.05 Å². The monoisotopic (exact) mass is 311 g/mol. The molecule has 0 atom stereocenters. The molecule has 0 aromatic heterocycles. The van der Waals surface area contributed by atoms with Crippen LogP contribution in [0, 0.1) is 0 Å². The first kappa shape index (κ1) is 14.8. The van der Waals surface area contributed by atoms with E-state index in [0.29, 0.717) is 13.0 Å². The van der Waals surface area contributed by atoms with E-state index in [1.54, 1.807) is 12.1 Å². The van der Waals surface area contributed by atoms with Gasteiger partial charge in [-0.25, -0.2) is 8.42 Å². The first-order valence-electron chi connectivity index (χ1n) is 6.09. The zero-order valence-electron chi connectivity index (χ0n) is 10.9. The molecule has 0 aliphatic carbocycles. The number of rotatable bonds is 4. The van der Waals surface area contributed by atoms with Crippen molar-refractivity contribution < 1.29 is 13.2 Å². The summed E-state index contributed by atoms with van der Waals surface area (Å²) in [4.78, 5) is 11.0. The molecule has 0 aliphatic heterocycles. The normalized spacial score (nSPS) is 11.5. The second-order valence-corrected chi connectivity index (χ2v) is 7.04. The summed E-state index contributed by atoms with van der Waals surface area (Å²) >= 11 is 0. The highest BCUT2D eigenvalue weighted by Gasteiger charge is 2.11. The number of amides is 1. The van der Waals surface area contributed by atoms with Crippen molar-refractivity contribution >= 4 is 36.4 Å². The van der Waals surface area contributed by atoms with E-state index in [0.717, 1.165) is 16.3 Å².